The molecule has 3 aromatic rings. The van der Waals surface area contributed by atoms with E-state index in [-0.39, 0.29) is 10.5 Å². The number of benzene rings is 1. The molecule has 0 unspecified atom stereocenters. The highest BCUT2D eigenvalue weighted by Gasteiger charge is 2.30. The Hall–Kier alpha value is -2.69. The van der Waals surface area contributed by atoms with Gasteiger partial charge in [-0.2, -0.15) is 4.31 Å². The number of fused-ring (bicyclic) bond motifs is 1. The molecule has 10 heteroatoms. The predicted molar refractivity (Wildman–Crippen MR) is 142 cm³/mol. The highest BCUT2D eigenvalue weighted by atomic mass is 32.2. The van der Waals surface area contributed by atoms with Crippen LogP contribution in [0.2, 0.25) is 0 Å². The smallest absolute Gasteiger partial charge is 0.275 e. The van der Waals surface area contributed by atoms with Gasteiger partial charge >= 0.3 is 0 Å². The molecule has 0 bridgehead atoms. The van der Waals surface area contributed by atoms with E-state index in [9.17, 15) is 13.2 Å². The van der Waals surface area contributed by atoms with E-state index < -0.39 is 10.0 Å². The third-order valence-electron chi connectivity index (χ3n) is 6.95. The third-order valence-corrected chi connectivity index (χ3v) is 8.85. The van der Waals surface area contributed by atoms with E-state index >= 15 is 0 Å². The number of H-pyrrole nitrogens is 1. The minimum atomic E-state index is -3.70. The molecule has 0 aliphatic carbocycles. The zero-order valence-electron chi connectivity index (χ0n) is 21.4. The average Bonchev–Trinajstić information content (AvgIpc) is 3.19. The molecule has 3 heterocycles. The monoisotopic (exact) mass is 515 g/mol. The lowest BCUT2D eigenvalue weighted by Crippen LogP contribution is -2.38. The Bertz CT molecular complexity index is 1370. The van der Waals surface area contributed by atoms with E-state index in [1.54, 1.807) is 27.1 Å². The van der Waals surface area contributed by atoms with Gasteiger partial charge in [0.15, 0.2) is 0 Å². The number of aromatic amines is 1. The molecule has 196 valence electrons. The van der Waals surface area contributed by atoms with Crippen LogP contribution < -0.4 is 16.0 Å². The summed E-state index contributed by atoms with van der Waals surface area (Å²) in [7, 11) is -1.87. The second-order valence-electron chi connectivity index (χ2n) is 9.50. The SMILES string of the molecule is CCCc1cn(C)c2c(=O)[nH]c(-c3cc(S(=O)(=O)N4CCC(CCCN)CC4)ccc3OCC)nc12. The number of aromatic nitrogens is 3. The standard InChI is InChI=1S/C26H37N5O4S/c1-4-7-19-17-30(3)24-23(19)28-25(29-26(24)32)21-16-20(9-10-22(21)35-5-2)36(33,34)31-14-11-18(12-15-31)8-6-13-27/h9-10,16-18H,4-8,11-15,27H2,1-3H3,(H,28,29,32). The van der Waals surface area contributed by atoms with Gasteiger partial charge in [0, 0.05) is 26.3 Å². The quantitative estimate of drug-likeness (QED) is 0.426. The largest absolute Gasteiger partial charge is 0.493 e. The molecule has 1 aliphatic heterocycles. The minimum Gasteiger partial charge on any atom is -0.493 e. The fourth-order valence-electron chi connectivity index (χ4n) is 5.09. The summed E-state index contributed by atoms with van der Waals surface area (Å²) in [6.07, 6.45) is 7.33. The van der Waals surface area contributed by atoms with Gasteiger partial charge in [-0.3, -0.25) is 4.79 Å². The molecular weight excluding hydrogens is 478 g/mol. The first-order chi connectivity index (χ1) is 17.3. The van der Waals surface area contributed by atoms with Crippen LogP contribution in [0.25, 0.3) is 22.4 Å². The van der Waals surface area contributed by atoms with Crippen molar-refractivity contribution in [1.29, 1.82) is 0 Å². The molecule has 1 fully saturated rings. The predicted octanol–water partition coefficient (Wildman–Crippen LogP) is 3.42. The summed E-state index contributed by atoms with van der Waals surface area (Å²) in [4.78, 5) is 20.8. The number of piperidine rings is 1. The molecule has 0 radical (unpaired) electrons. The molecular formula is C26H37N5O4S. The van der Waals surface area contributed by atoms with Gasteiger partial charge < -0.3 is 20.0 Å². The first-order valence-electron chi connectivity index (χ1n) is 12.9. The lowest BCUT2D eigenvalue weighted by atomic mass is 9.93. The van der Waals surface area contributed by atoms with Crippen LogP contribution in [-0.2, 0) is 23.5 Å². The Balaban J connectivity index is 1.73. The highest BCUT2D eigenvalue weighted by molar-refractivity contribution is 7.89. The molecule has 4 rings (SSSR count). The normalized spacial score (nSPS) is 15.6. The van der Waals surface area contributed by atoms with E-state index in [2.05, 4.69) is 11.9 Å². The number of nitrogens with zero attached hydrogens (tertiary/aromatic N) is 3. The zero-order chi connectivity index (χ0) is 25.9. The third kappa shape index (κ3) is 5.21. The molecule has 0 spiro atoms. The second kappa shape index (κ2) is 11.1. The van der Waals surface area contributed by atoms with Crippen molar-refractivity contribution in [3.8, 4) is 17.1 Å². The van der Waals surface area contributed by atoms with Crippen LogP contribution in [0.1, 0.15) is 51.5 Å². The summed E-state index contributed by atoms with van der Waals surface area (Å²) >= 11 is 0. The molecule has 2 aromatic heterocycles. The Labute approximate surface area is 212 Å². The summed E-state index contributed by atoms with van der Waals surface area (Å²) in [6.45, 7) is 5.98. The van der Waals surface area contributed by atoms with Gasteiger partial charge in [0.2, 0.25) is 10.0 Å². The number of nitrogens with one attached hydrogen (secondary N) is 1. The maximum atomic E-state index is 13.6. The Morgan fingerprint density at radius 1 is 1.22 bits per heavy atom. The van der Waals surface area contributed by atoms with Crippen LogP contribution >= 0.6 is 0 Å². The van der Waals surface area contributed by atoms with Crippen molar-refractivity contribution in [1.82, 2.24) is 18.8 Å². The van der Waals surface area contributed by atoms with Crippen LogP contribution in [-0.4, -0.2) is 53.5 Å². The molecule has 0 amide bonds. The number of rotatable bonds is 10. The van der Waals surface area contributed by atoms with E-state index in [0.717, 1.165) is 44.1 Å². The molecule has 3 N–H and O–H groups in total. The molecule has 1 aromatic carbocycles. The molecule has 36 heavy (non-hydrogen) atoms. The molecule has 1 aliphatic rings. The van der Waals surface area contributed by atoms with Gasteiger partial charge in [0.25, 0.3) is 5.56 Å². The Kier molecular flexibility index (Phi) is 8.17. The van der Waals surface area contributed by atoms with Crippen molar-refractivity contribution < 1.29 is 13.2 Å². The van der Waals surface area contributed by atoms with Gasteiger partial charge in [-0.15, -0.1) is 0 Å². The van der Waals surface area contributed by atoms with Gasteiger partial charge in [0.05, 0.1) is 22.6 Å². The van der Waals surface area contributed by atoms with Crippen molar-refractivity contribution in [3.05, 3.63) is 40.3 Å². The molecule has 9 nitrogen and oxygen atoms in total. The van der Waals surface area contributed by atoms with Crippen LogP contribution in [0.5, 0.6) is 5.75 Å². The van der Waals surface area contributed by atoms with Crippen LogP contribution in [0.15, 0.2) is 34.1 Å². The van der Waals surface area contributed by atoms with Crippen LogP contribution in [0.4, 0.5) is 0 Å². The number of hydrogen-bond donors (Lipinski definition) is 2. The fraction of sp³-hybridized carbons (Fsp3) is 0.538. The lowest BCUT2D eigenvalue weighted by molar-refractivity contribution is 0.261. The van der Waals surface area contributed by atoms with Crippen LogP contribution in [0.3, 0.4) is 0 Å². The zero-order valence-corrected chi connectivity index (χ0v) is 22.2. The first kappa shape index (κ1) is 26.4. The number of nitrogens with two attached hydrogens (primary N) is 1. The van der Waals surface area contributed by atoms with E-state index in [4.69, 9.17) is 15.5 Å². The highest BCUT2D eigenvalue weighted by Crippen LogP contribution is 2.33. The minimum absolute atomic E-state index is 0.172. The Morgan fingerprint density at radius 3 is 2.64 bits per heavy atom. The number of hydrogen-bond acceptors (Lipinski definition) is 6. The number of sulfonamides is 1. The van der Waals surface area contributed by atoms with Gasteiger partial charge in [-0.1, -0.05) is 13.3 Å². The van der Waals surface area contributed by atoms with E-state index in [1.165, 1.54) is 0 Å². The van der Waals surface area contributed by atoms with E-state index in [1.807, 2.05) is 20.2 Å². The number of ether oxygens (including phenoxy) is 1. The van der Waals surface area contributed by atoms with Gasteiger partial charge in [-0.25, -0.2) is 13.4 Å². The van der Waals surface area contributed by atoms with Crippen molar-refractivity contribution >= 4 is 21.1 Å². The van der Waals surface area contributed by atoms with Crippen molar-refractivity contribution in [3.63, 3.8) is 0 Å². The maximum absolute atomic E-state index is 13.6. The maximum Gasteiger partial charge on any atom is 0.275 e. The van der Waals surface area contributed by atoms with Crippen molar-refractivity contribution in [2.45, 2.75) is 57.3 Å². The summed E-state index contributed by atoms with van der Waals surface area (Å²) in [5, 5.41) is 0. The Morgan fingerprint density at radius 2 is 1.97 bits per heavy atom. The second-order valence-corrected chi connectivity index (χ2v) is 11.4. The molecule has 0 atom stereocenters. The summed E-state index contributed by atoms with van der Waals surface area (Å²) in [5.41, 5.74) is 7.95. The lowest BCUT2D eigenvalue weighted by Gasteiger charge is -2.31. The van der Waals surface area contributed by atoms with Crippen LogP contribution in [0, 0.1) is 5.92 Å². The fourth-order valence-corrected chi connectivity index (χ4v) is 6.58. The molecule has 0 saturated carbocycles. The number of aryl methyl sites for hydroxylation is 2. The molecule has 1 saturated heterocycles. The van der Waals surface area contributed by atoms with E-state index in [0.29, 0.717) is 60.3 Å². The van der Waals surface area contributed by atoms with Gasteiger partial charge in [-0.05, 0) is 75.3 Å². The summed E-state index contributed by atoms with van der Waals surface area (Å²) in [5.74, 6) is 1.30. The van der Waals surface area contributed by atoms with Crippen molar-refractivity contribution in [2.75, 3.05) is 26.2 Å². The topological polar surface area (TPSA) is 123 Å². The first-order valence-corrected chi connectivity index (χ1v) is 14.3. The summed E-state index contributed by atoms with van der Waals surface area (Å²) < 4.78 is 36.3. The average molecular weight is 516 g/mol. The summed E-state index contributed by atoms with van der Waals surface area (Å²) in [6, 6.07) is 4.81. The van der Waals surface area contributed by atoms with Gasteiger partial charge in [0.1, 0.15) is 17.1 Å². The van der Waals surface area contributed by atoms with Crippen molar-refractivity contribution in [2.24, 2.45) is 18.7 Å².